The smallest absolute Gasteiger partial charge is 0.295 e. The SMILES string of the molecule is CCOc1ccc(C2C(=C(O)c3cccc(OC)c3)C(=O)C(=O)N2CCN(C)C)cc1OC. The molecule has 2 aromatic rings. The van der Waals surface area contributed by atoms with E-state index in [1.807, 2.05) is 25.9 Å². The number of likely N-dealkylation sites (N-methyl/N-ethyl adjacent to an activating group) is 1. The lowest BCUT2D eigenvalue weighted by atomic mass is 9.95. The van der Waals surface area contributed by atoms with Crippen molar-refractivity contribution in [2.75, 3.05) is 48.0 Å². The van der Waals surface area contributed by atoms with Crippen LogP contribution in [-0.2, 0) is 9.59 Å². The second-order valence-electron chi connectivity index (χ2n) is 7.87. The lowest BCUT2D eigenvalue weighted by Gasteiger charge is -2.27. The number of aliphatic hydroxyl groups is 1. The number of methoxy groups -OCH3 is 2. The molecule has 1 atom stereocenters. The first-order valence-electron chi connectivity index (χ1n) is 10.7. The Labute approximate surface area is 194 Å². The molecule has 33 heavy (non-hydrogen) atoms. The number of Topliss-reactive ketones (excluding diaryl/α,β-unsaturated/α-hetero) is 1. The Morgan fingerprint density at radius 3 is 2.45 bits per heavy atom. The Hall–Kier alpha value is -3.52. The molecule has 8 nitrogen and oxygen atoms in total. The van der Waals surface area contributed by atoms with Crippen molar-refractivity contribution < 1.29 is 28.9 Å². The first-order chi connectivity index (χ1) is 15.8. The number of hydrogen-bond acceptors (Lipinski definition) is 7. The number of rotatable bonds is 9. The van der Waals surface area contributed by atoms with Crippen molar-refractivity contribution in [3.63, 3.8) is 0 Å². The average Bonchev–Trinajstić information content (AvgIpc) is 3.07. The first kappa shape index (κ1) is 24.1. The largest absolute Gasteiger partial charge is 0.507 e. The van der Waals surface area contributed by atoms with E-state index in [2.05, 4.69) is 0 Å². The van der Waals surface area contributed by atoms with Gasteiger partial charge < -0.3 is 29.1 Å². The van der Waals surface area contributed by atoms with Crippen molar-refractivity contribution in [1.29, 1.82) is 0 Å². The molecule has 176 valence electrons. The summed E-state index contributed by atoms with van der Waals surface area (Å²) in [5.74, 6) is -0.0700. The number of ether oxygens (including phenoxy) is 3. The van der Waals surface area contributed by atoms with Gasteiger partial charge in [0.1, 0.15) is 11.5 Å². The number of ketones is 1. The summed E-state index contributed by atoms with van der Waals surface area (Å²) < 4.78 is 16.3. The van der Waals surface area contributed by atoms with Gasteiger partial charge in [-0.05, 0) is 50.8 Å². The number of amides is 1. The van der Waals surface area contributed by atoms with Gasteiger partial charge in [0.2, 0.25) is 0 Å². The Kier molecular flexibility index (Phi) is 7.60. The first-order valence-corrected chi connectivity index (χ1v) is 10.7. The topological polar surface area (TPSA) is 88.5 Å². The molecule has 0 bridgehead atoms. The Morgan fingerprint density at radius 1 is 1.06 bits per heavy atom. The van der Waals surface area contributed by atoms with E-state index in [1.54, 1.807) is 42.5 Å². The molecule has 0 aromatic heterocycles. The van der Waals surface area contributed by atoms with E-state index in [0.717, 1.165) is 0 Å². The van der Waals surface area contributed by atoms with Crippen LogP contribution in [0.4, 0.5) is 0 Å². The van der Waals surface area contributed by atoms with Crippen LogP contribution >= 0.6 is 0 Å². The third kappa shape index (κ3) is 4.96. The number of nitrogens with zero attached hydrogens (tertiary/aromatic N) is 2. The van der Waals surface area contributed by atoms with Crippen LogP contribution in [0.15, 0.2) is 48.0 Å². The van der Waals surface area contributed by atoms with Crippen LogP contribution in [0.1, 0.15) is 24.1 Å². The number of carbonyl (C=O) groups is 2. The summed E-state index contributed by atoms with van der Waals surface area (Å²) in [6, 6.07) is 11.2. The second-order valence-corrected chi connectivity index (χ2v) is 7.87. The highest BCUT2D eigenvalue weighted by Gasteiger charge is 2.46. The molecule has 1 aliphatic heterocycles. The van der Waals surface area contributed by atoms with Crippen molar-refractivity contribution in [2.45, 2.75) is 13.0 Å². The van der Waals surface area contributed by atoms with Crippen LogP contribution < -0.4 is 14.2 Å². The molecular weight excluding hydrogens is 424 g/mol. The maximum absolute atomic E-state index is 13.1. The molecule has 3 rings (SSSR count). The molecule has 1 aliphatic rings. The van der Waals surface area contributed by atoms with Gasteiger partial charge in [0, 0.05) is 18.7 Å². The number of benzene rings is 2. The second kappa shape index (κ2) is 10.4. The molecule has 1 amide bonds. The summed E-state index contributed by atoms with van der Waals surface area (Å²) in [5.41, 5.74) is 1.05. The fourth-order valence-corrected chi connectivity index (χ4v) is 3.82. The number of carbonyl (C=O) groups excluding carboxylic acids is 2. The van der Waals surface area contributed by atoms with Crippen LogP contribution in [0.2, 0.25) is 0 Å². The zero-order valence-corrected chi connectivity index (χ0v) is 19.6. The van der Waals surface area contributed by atoms with E-state index in [9.17, 15) is 14.7 Å². The molecule has 0 radical (unpaired) electrons. The molecule has 0 spiro atoms. The molecule has 1 fully saturated rings. The minimum absolute atomic E-state index is 0.0261. The van der Waals surface area contributed by atoms with Crippen LogP contribution in [0, 0.1) is 0 Å². The molecule has 2 aromatic carbocycles. The predicted molar refractivity (Wildman–Crippen MR) is 125 cm³/mol. The van der Waals surface area contributed by atoms with Gasteiger partial charge in [-0.15, -0.1) is 0 Å². The summed E-state index contributed by atoms with van der Waals surface area (Å²) in [4.78, 5) is 29.6. The number of aliphatic hydroxyl groups excluding tert-OH is 1. The van der Waals surface area contributed by atoms with E-state index in [4.69, 9.17) is 14.2 Å². The van der Waals surface area contributed by atoms with Gasteiger partial charge in [0.05, 0.1) is 32.4 Å². The zero-order valence-electron chi connectivity index (χ0n) is 19.6. The highest BCUT2D eigenvalue weighted by molar-refractivity contribution is 6.46. The van der Waals surface area contributed by atoms with Crippen molar-refractivity contribution in [3.8, 4) is 17.2 Å². The summed E-state index contributed by atoms with van der Waals surface area (Å²) in [6.45, 7) is 3.20. The Balaban J connectivity index is 2.18. The molecule has 0 saturated carbocycles. The minimum atomic E-state index is -0.777. The fraction of sp³-hybridized carbons (Fsp3) is 0.360. The fourth-order valence-electron chi connectivity index (χ4n) is 3.82. The lowest BCUT2D eigenvalue weighted by molar-refractivity contribution is -0.140. The normalized spacial score (nSPS) is 17.5. The molecular formula is C25H30N2O6. The van der Waals surface area contributed by atoms with Crippen molar-refractivity contribution in [3.05, 3.63) is 59.2 Å². The maximum atomic E-state index is 13.1. The molecule has 1 unspecified atom stereocenters. The van der Waals surface area contributed by atoms with Gasteiger partial charge in [-0.2, -0.15) is 0 Å². The number of likely N-dealkylation sites (tertiary alicyclic amines) is 1. The van der Waals surface area contributed by atoms with Gasteiger partial charge in [-0.1, -0.05) is 18.2 Å². The van der Waals surface area contributed by atoms with E-state index >= 15 is 0 Å². The van der Waals surface area contributed by atoms with Gasteiger partial charge >= 0.3 is 0 Å². The van der Waals surface area contributed by atoms with E-state index in [0.29, 0.717) is 48.1 Å². The highest BCUT2D eigenvalue weighted by atomic mass is 16.5. The summed E-state index contributed by atoms with van der Waals surface area (Å²) in [5, 5.41) is 11.2. The summed E-state index contributed by atoms with van der Waals surface area (Å²) in [6.07, 6.45) is 0. The maximum Gasteiger partial charge on any atom is 0.295 e. The van der Waals surface area contributed by atoms with Crippen LogP contribution in [-0.4, -0.2) is 74.6 Å². The monoisotopic (exact) mass is 454 g/mol. The van der Waals surface area contributed by atoms with Gasteiger partial charge in [0.25, 0.3) is 11.7 Å². The van der Waals surface area contributed by atoms with E-state index in [1.165, 1.54) is 19.1 Å². The van der Waals surface area contributed by atoms with Crippen LogP contribution in [0.3, 0.4) is 0 Å². The quantitative estimate of drug-likeness (QED) is 0.354. The van der Waals surface area contributed by atoms with E-state index < -0.39 is 17.7 Å². The molecule has 1 N–H and O–H groups in total. The van der Waals surface area contributed by atoms with Gasteiger partial charge in [-0.25, -0.2) is 0 Å². The molecule has 1 heterocycles. The predicted octanol–water partition coefficient (Wildman–Crippen LogP) is 3.09. The minimum Gasteiger partial charge on any atom is -0.507 e. The van der Waals surface area contributed by atoms with Gasteiger partial charge in [0.15, 0.2) is 11.5 Å². The molecule has 0 aliphatic carbocycles. The van der Waals surface area contributed by atoms with Crippen LogP contribution in [0.5, 0.6) is 17.2 Å². The summed E-state index contributed by atoms with van der Waals surface area (Å²) >= 11 is 0. The Morgan fingerprint density at radius 2 is 1.82 bits per heavy atom. The standard InChI is InChI=1S/C25H30N2O6/c1-6-33-19-11-10-16(15-20(19)32-5)22-21(23(28)17-8-7-9-18(14-17)31-4)24(29)25(30)27(22)13-12-26(2)3/h7-11,14-15,22,28H,6,12-13H2,1-5H3. The van der Waals surface area contributed by atoms with Crippen molar-refractivity contribution >= 4 is 17.4 Å². The number of hydrogen-bond donors (Lipinski definition) is 1. The Bertz CT molecular complexity index is 1060. The van der Waals surface area contributed by atoms with Crippen LogP contribution in [0.25, 0.3) is 5.76 Å². The lowest BCUT2D eigenvalue weighted by Crippen LogP contribution is -2.35. The van der Waals surface area contributed by atoms with Crippen molar-refractivity contribution in [2.24, 2.45) is 0 Å². The molecule has 1 saturated heterocycles. The van der Waals surface area contributed by atoms with Gasteiger partial charge in [-0.3, -0.25) is 9.59 Å². The third-order valence-electron chi connectivity index (χ3n) is 5.47. The highest BCUT2D eigenvalue weighted by Crippen LogP contribution is 2.42. The summed E-state index contributed by atoms with van der Waals surface area (Å²) in [7, 11) is 6.83. The average molecular weight is 455 g/mol. The zero-order chi connectivity index (χ0) is 24.1. The molecule has 8 heteroatoms. The van der Waals surface area contributed by atoms with Crippen molar-refractivity contribution in [1.82, 2.24) is 9.80 Å². The van der Waals surface area contributed by atoms with E-state index in [-0.39, 0.29) is 11.3 Å². The third-order valence-corrected chi connectivity index (χ3v) is 5.47.